The summed E-state index contributed by atoms with van der Waals surface area (Å²) in [6, 6.07) is 0. The third kappa shape index (κ3) is 1.99. The first-order valence-electron chi connectivity index (χ1n) is 3.81. The summed E-state index contributed by atoms with van der Waals surface area (Å²) in [7, 11) is 0. The van der Waals surface area contributed by atoms with Crippen LogP contribution in [0.25, 0.3) is 0 Å². The Morgan fingerprint density at radius 3 is 3.20 bits per heavy atom. The van der Waals surface area contributed by atoms with Gasteiger partial charge in [-0.2, -0.15) is 0 Å². The number of aliphatic hydroxyl groups excluding tert-OH is 1. The molecule has 1 aliphatic rings. The Labute approximate surface area is 62.1 Å². The van der Waals surface area contributed by atoms with Gasteiger partial charge in [-0.25, -0.2) is 0 Å². The predicted molar refractivity (Wildman–Crippen MR) is 42.8 cm³/mol. The van der Waals surface area contributed by atoms with E-state index in [1.807, 2.05) is 12.2 Å². The van der Waals surface area contributed by atoms with E-state index >= 15 is 0 Å². The first-order valence-corrected chi connectivity index (χ1v) is 3.81. The Kier molecular flexibility index (Phi) is 2.69. The van der Waals surface area contributed by atoms with Gasteiger partial charge in [0.15, 0.2) is 0 Å². The molecule has 0 aromatic carbocycles. The maximum Gasteiger partial charge on any atom is 0.0723 e. The highest BCUT2D eigenvalue weighted by Gasteiger charge is 2.08. The lowest BCUT2D eigenvalue weighted by Crippen LogP contribution is -2.08. The van der Waals surface area contributed by atoms with Crippen LogP contribution in [0.5, 0.6) is 0 Å². The second-order valence-corrected chi connectivity index (χ2v) is 2.78. The van der Waals surface area contributed by atoms with Crippen LogP contribution in [0.1, 0.15) is 25.7 Å². The fraction of sp³-hybridized carbons (Fsp3) is 0.556. The maximum absolute atomic E-state index is 9.20. The van der Waals surface area contributed by atoms with Gasteiger partial charge in [-0.05, 0) is 25.7 Å². The number of aliphatic hydroxyl groups is 1. The summed E-state index contributed by atoms with van der Waals surface area (Å²) in [6.45, 7) is 3.66. The Balaban J connectivity index is 2.48. The molecule has 1 heteroatoms. The van der Waals surface area contributed by atoms with Crippen LogP contribution in [-0.4, -0.2) is 11.2 Å². The molecule has 0 radical (unpaired) electrons. The zero-order valence-electron chi connectivity index (χ0n) is 6.21. The molecule has 0 saturated heterocycles. The van der Waals surface area contributed by atoms with Crippen LogP contribution in [0.4, 0.5) is 0 Å². The van der Waals surface area contributed by atoms with E-state index in [-0.39, 0.29) is 6.10 Å². The highest BCUT2D eigenvalue weighted by molar-refractivity contribution is 5.11. The summed E-state index contributed by atoms with van der Waals surface area (Å²) < 4.78 is 0. The quantitative estimate of drug-likeness (QED) is 0.579. The highest BCUT2D eigenvalue weighted by atomic mass is 16.3. The molecule has 0 fully saturated rings. The Hall–Kier alpha value is -0.560. The Bertz CT molecular complexity index is 147. The van der Waals surface area contributed by atoms with Gasteiger partial charge in [0, 0.05) is 0 Å². The van der Waals surface area contributed by atoms with Gasteiger partial charge < -0.3 is 5.11 Å². The minimum Gasteiger partial charge on any atom is -0.389 e. The van der Waals surface area contributed by atoms with E-state index < -0.39 is 0 Å². The number of hydrogen-bond donors (Lipinski definition) is 1. The zero-order valence-corrected chi connectivity index (χ0v) is 6.21. The fourth-order valence-corrected chi connectivity index (χ4v) is 1.33. The largest absolute Gasteiger partial charge is 0.389 e. The van der Waals surface area contributed by atoms with Gasteiger partial charge in [0.25, 0.3) is 0 Å². The van der Waals surface area contributed by atoms with Crippen LogP contribution < -0.4 is 0 Å². The van der Waals surface area contributed by atoms with Crippen molar-refractivity contribution in [3.05, 3.63) is 24.3 Å². The van der Waals surface area contributed by atoms with Gasteiger partial charge in [-0.1, -0.05) is 17.7 Å². The van der Waals surface area contributed by atoms with Gasteiger partial charge in [-0.3, -0.25) is 0 Å². The molecule has 0 aliphatic heterocycles. The molecule has 1 rings (SSSR count). The van der Waals surface area contributed by atoms with E-state index in [1.165, 1.54) is 5.57 Å². The van der Waals surface area contributed by atoms with E-state index in [1.54, 1.807) is 0 Å². The van der Waals surface area contributed by atoms with Crippen molar-refractivity contribution in [3.8, 4) is 0 Å². The summed E-state index contributed by atoms with van der Waals surface area (Å²) >= 11 is 0. The second kappa shape index (κ2) is 3.57. The molecule has 1 unspecified atom stereocenters. The Morgan fingerprint density at radius 1 is 1.80 bits per heavy atom. The van der Waals surface area contributed by atoms with Crippen molar-refractivity contribution in [1.29, 1.82) is 0 Å². The van der Waals surface area contributed by atoms with E-state index in [9.17, 15) is 5.11 Å². The minimum atomic E-state index is -0.191. The third-order valence-electron chi connectivity index (χ3n) is 1.83. The molecule has 0 bridgehead atoms. The summed E-state index contributed by atoms with van der Waals surface area (Å²) in [5.74, 6) is 0. The van der Waals surface area contributed by atoms with Gasteiger partial charge in [0.05, 0.1) is 6.10 Å². The second-order valence-electron chi connectivity index (χ2n) is 2.78. The highest BCUT2D eigenvalue weighted by Crippen LogP contribution is 2.20. The molecule has 0 amide bonds. The van der Waals surface area contributed by atoms with E-state index in [2.05, 4.69) is 6.58 Å². The summed E-state index contributed by atoms with van der Waals surface area (Å²) in [4.78, 5) is 0. The number of hydrogen-bond acceptors (Lipinski definition) is 1. The van der Waals surface area contributed by atoms with E-state index in [0.717, 1.165) is 25.7 Å². The standard InChI is InChI=1S/C9H14O/c1-2-4-8-5-3-6-9(10)7-8/h2,7,9-10H,1,3-6H2. The SMILES string of the molecule is C=CCC1=CC(O)CCC1. The lowest BCUT2D eigenvalue weighted by atomic mass is 9.95. The summed E-state index contributed by atoms with van der Waals surface area (Å²) in [5, 5.41) is 9.20. The van der Waals surface area contributed by atoms with E-state index in [0.29, 0.717) is 0 Å². The average molecular weight is 138 g/mol. The van der Waals surface area contributed by atoms with Crippen LogP contribution >= 0.6 is 0 Å². The van der Waals surface area contributed by atoms with Gasteiger partial charge in [0.2, 0.25) is 0 Å². The van der Waals surface area contributed by atoms with Crippen molar-refractivity contribution < 1.29 is 5.11 Å². The normalized spacial score (nSPS) is 25.7. The lowest BCUT2D eigenvalue weighted by Gasteiger charge is -2.15. The smallest absolute Gasteiger partial charge is 0.0723 e. The van der Waals surface area contributed by atoms with Crippen LogP contribution in [0.15, 0.2) is 24.3 Å². The molecule has 1 aliphatic carbocycles. The van der Waals surface area contributed by atoms with Crippen LogP contribution in [0.3, 0.4) is 0 Å². The molecule has 0 heterocycles. The summed E-state index contributed by atoms with van der Waals surface area (Å²) in [6.07, 6.45) is 7.81. The Morgan fingerprint density at radius 2 is 2.60 bits per heavy atom. The van der Waals surface area contributed by atoms with Crippen LogP contribution in [0.2, 0.25) is 0 Å². The van der Waals surface area contributed by atoms with Crippen molar-refractivity contribution in [2.45, 2.75) is 31.8 Å². The van der Waals surface area contributed by atoms with Crippen molar-refractivity contribution in [2.24, 2.45) is 0 Å². The summed E-state index contributed by atoms with van der Waals surface area (Å²) in [5.41, 5.74) is 1.34. The van der Waals surface area contributed by atoms with Crippen molar-refractivity contribution in [1.82, 2.24) is 0 Å². The van der Waals surface area contributed by atoms with Crippen molar-refractivity contribution in [3.63, 3.8) is 0 Å². The molecule has 10 heavy (non-hydrogen) atoms. The lowest BCUT2D eigenvalue weighted by molar-refractivity contribution is 0.202. The molecular weight excluding hydrogens is 124 g/mol. The molecule has 1 atom stereocenters. The van der Waals surface area contributed by atoms with E-state index in [4.69, 9.17) is 0 Å². The van der Waals surface area contributed by atoms with Gasteiger partial charge in [0.1, 0.15) is 0 Å². The number of allylic oxidation sites excluding steroid dienone is 2. The predicted octanol–water partition coefficient (Wildman–Crippen LogP) is 2.03. The average Bonchev–Trinajstić information content (AvgIpc) is 1.88. The first-order chi connectivity index (χ1) is 4.83. The minimum absolute atomic E-state index is 0.191. The molecule has 0 saturated carbocycles. The van der Waals surface area contributed by atoms with Crippen LogP contribution in [-0.2, 0) is 0 Å². The molecule has 0 spiro atoms. The molecule has 56 valence electrons. The molecule has 0 aromatic rings. The van der Waals surface area contributed by atoms with Crippen molar-refractivity contribution in [2.75, 3.05) is 0 Å². The zero-order chi connectivity index (χ0) is 7.40. The monoisotopic (exact) mass is 138 g/mol. The molecule has 1 nitrogen and oxygen atoms in total. The number of rotatable bonds is 2. The van der Waals surface area contributed by atoms with Gasteiger partial charge in [-0.15, -0.1) is 6.58 Å². The molecule has 1 N–H and O–H groups in total. The topological polar surface area (TPSA) is 20.2 Å². The molecule has 0 aromatic heterocycles. The van der Waals surface area contributed by atoms with Gasteiger partial charge >= 0.3 is 0 Å². The van der Waals surface area contributed by atoms with Crippen LogP contribution in [0, 0.1) is 0 Å². The first kappa shape index (κ1) is 7.55. The molecular formula is C9H14O. The fourth-order valence-electron chi connectivity index (χ4n) is 1.33. The maximum atomic E-state index is 9.20. The third-order valence-corrected chi connectivity index (χ3v) is 1.83. The van der Waals surface area contributed by atoms with Crippen molar-refractivity contribution >= 4 is 0 Å².